The van der Waals surface area contributed by atoms with Gasteiger partial charge in [-0.15, -0.1) is 0 Å². The molecule has 0 aliphatic heterocycles. The van der Waals surface area contributed by atoms with Gasteiger partial charge < -0.3 is 21.7 Å². The first-order valence-corrected chi connectivity index (χ1v) is 6.82. The third-order valence-electron chi connectivity index (χ3n) is 3.49. The highest BCUT2D eigenvalue weighted by Crippen LogP contribution is 2.13. The average Bonchev–Trinajstić information content (AvgIpc) is 2.55. The Kier molecular flexibility index (Phi) is 5.28. The Morgan fingerprint density at radius 1 is 1.05 bits per heavy atom. The molecular weight excluding hydrogens is 342 g/mol. The minimum Gasteiger partial charge on any atom is -1.00 e. The lowest BCUT2D eigenvalue weighted by molar-refractivity contribution is -0.657. The topological polar surface area (TPSA) is 30.2 Å². The van der Waals surface area contributed by atoms with Crippen molar-refractivity contribution in [2.24, 2.45) is 0 Å². The van der Waals surface area contributed by atoms with Crippen LogP contribution in [0.4, 0.5) is 0 Å². The normalized spacial score (nSPS) is 10.0. The predicted molar refractivity (Wildman–Crippen MR) is 81.5 cm³/mol. The number of halogens is 1. The molecule has 1 aromatic heterocycles. The molecule has 112 valence electrons. The van der Waals surface area contributed by atoms with Gasteiger partial charge in [-0.05, 0) is 24.3 Å². The Balaban J connectivity index is 0.00000176. The molecule has 0 atom stereocenters. The molecule has 3 aromatic rings. The zero-order valence-electron chi connectivity index (χ0n) is 12.2. The van der Waals surface area contributed by atoms with Gasteiger partial charge >= 0.3 is 0 Å². The molecule has 0 aliphatic carbocycles. The summed E-state index contributed by atoms with van der Waals surface area (Å²) in [6.07, 6.45) is 1.93. The number of aromatic nitrogens is 1. The predicted octanol–water partition coefficient (Wildman–Crippen LogP) is 0.0228. The van der Waals surface area contributed by atoms with Crippen LogP contribution in [0.2, 0.25) is 0 Å². The molecule has 0 saturated carbocycles. The number of methoxy groups -OCH3 is 1. The summed E-state index contributed by atoms with van der Waals surface area (Å²) in [5, 5.41) is 1.12. The molecule has 3 rings (SSSR count). The summed E-state index contributed by atoms with van der Waals surface area (Å²) in [5.41, 5.74) is 1.71. The van der Waals surface area contributed by atoms with Gasteiger partial charge in [-0.3, -0.25) is 4.79 Å². The Morgan fingerprint density at radius 2 is 1.82 bits per heavy atom. The number of carbonyl (C=O) groups excluding carboxylic acids is 1. The van der Waals surface area contributed by atoms with Crippen LogP contribution in [0, 0.1) is 0 Å². The van der Waals surface area contributed by atoms with Gasteiger partial charge in [0.15, 0.2) is 6.20 Å². The van der Waals surface area contributed by atoms with E-state index in [1.54, 1.807) is 13.2 Å². The lowest BCUT2D eigenvalue weighted by Gasteiger charge is -2.03. The summed E-state index contributed by atoms with van der Waals surface area (Å²) in [7, 11) is 1.60. The lowest BCUT2D eigenvalue weighted by atomic mass is 10.1. The SMILES string of the molecule is COc1cccc(C(=O)C[n+]2cccc3ccccc32)c1.[Br-]. The van der Waals surface area contributed by atoms with Crippen molar-refractivity contribution >= 4 is 16.7 Å². The number of hydrogen-bond donors (Lipinski definition) is 0. The van der Waals surface area contributed by atoms with Crippen molar-refractivity contribution in [3.63, 3.8) is 0 Å². The molecule has 0 unspecified atom stereocenters. The van der Waals surface area contributed by atoms with Gasteiger partial charge in [0.05, 0.1) is 7.11 Å². The number of ether oxygens (including phenoxy) is 1. The second kappa shape index (κ2) is 7.18. The Morgan fingerprint density at radius 3 is 2.64 bits per heavy atom. The number of pyridine rings is 1. The fourth-order valence-corrected chi connectivity index (χ4v) is 2.40. The number of Topliss-reactive ketones (excluding diaryl/α,β-unsaturated/α-hetero) is 1. The van der Waals surface area contributed by atoms with Crippen molar-refractivity contribution in [2.75, 3.05) is 7.11 Å². The van der Waals surface area contributed by atoms with Crippen molar-refractivity contribution in [3.8, 4) is 5.75 Å². The second-order valence-corrected chi connectivity index (χ2v) is 4.85. The monoisotopic (exact) mass is 357 g/mol. The summed E-state index contributed by atoms with van der Waals surface area (Å²) in [6, 6.07) is 19.3. The van der Waals surface area contributed by atoms with Crippen LogP contribution in [-0.4, -0.2) is 12.9 Å². The van der Waals surface area contributed by atoms with Gasteiger partial charge in [-0.2, -0.15) is 4.57 Å². The summed E-state index contributed by atoms with van der Waals surface area (Å²) >= 11 is 0. The third-order valence-corrected chi connectivity index (χ3v) is 3.49. The maximum absolute atomic E-state index is 12.4. The van der Waals surface area contributed by atoms with Crippen LogP contribution in [0.15, 0.2) is 66.9 Å². The second-order valence-electron chi connectivity index (χ2n) is 4.85. The molecule has 3 nitrogen and oxygen atoms in total. The highest BCUT2D eigenvalue weighted by atomic mass is 79.9. The van der Waals surface area contributed by atoms with Crippen LogP contribution in [0.5, 0.6) is 5.75 Å². The van der Waals surface area contributed by atoms with E-state index in [0.29, 0.717) is 17.9 Å². The highest BCUT2D eigenvalue weighted by molar-refractivity contribution is 5.95. The van der Waals surface area contributed by atoms with Gasteiger partial charge in [0.2, 0.25) is 17.8 Å². The van der Waals surface area contributed by atoms with E-state index in [-0.39, 0.29) is 22.8 Å². The number of ketones is 1. The molecule has 22 heavy (non-hydrogen) atoms. The van der Waals surface area contributed by atoms with E-state index in [4.69, 9.17) is 4.74 Å². The maximum Gasteiger partial charge on any atom is 0.227 e. The number of hydrogen-bond acceptors (Lipinski definition) is 2. The quantitative estimate of drug-likeness (QED) is 0.487. The van der Waals surface area contributed by atoms with Crippen molar-refractivity contribution in [1.29, 1.82) is 0 Å². The molecule has 0 spiro atoms. The summed E-state index contributed by atoms with van der Waals surface area (Å²) in [4.78, 5) is 12.4. The van der Waals surface area contributed by atoms with Crippen LogP contribution < -0.4 is 26.3 Å². The molecule has 0 N–H and O–H groups in total. The zero-order valence-corrected chi connectivity index (χ0v) is 13.8. The van der Waals surface area contributed by atoms with Crippen molar-refractivity contribution in [2.45, 2.75) is 6.54 Å². The van der Waals surface area contributed by atoms with E-state index in [1.807, 2.05) is 65.4 Å². The van der Waals surface area contributed by atoms with Gasteiger partial charge in [-0.1, -0.05) is 24.3 Å². The molecule has 0 amide bonds. The Hall–Kier alpha value is -2.20. The number of fused-ring (bicyclic) bond motifs is 1. The lowest BCUT2D eigenvalue weighted by Crippen LogP contribution is -3.00. The standard InChI is InChI=1S/C18H16NO2.BrH/c1-21-16-9-4-7-15(12-16)18(20)13-19-11-5-8-14-6-2-3-10-17(14)19;/h2-12H,13H2,1H3;1H/q+1;/p-1. The van der Waals surface area contributed by atoms with Crippen molar-refractivity contribution in [1.82, 2.24) is 0 Å². The summed E-state index contributed by atoms with van der Waals surface area (Å²) in [5.74, 6) is 0.763. The number of nitrogens with zero attached hydrogens (tertiary/aromatic N) is 1. The van der Waals surface area contributed by atoms with Gasteiger partial charge in [0, 0.05) is 23.1 Å². The maximum atomic E-state index is 12.4. The van der Waals surface area contributed by atoms with E-state index in [0.717, 1.165) is 10.9 Å². The van der Waals surface area contributed by atoms with E-state index in [9.17, 15) is 4.79 Å². The number of benzene rings is 2. The summed E-state index contributed by atoms with van der Waals surface area (Å²) in [6.45, 7) is 0.314. The molecule has 1 heterocycles. The van der Waals surface area contributed by atoms with Gasteiger partial charge in [0.25, 0.3) is 0 Å². The molecule has 4 heteroatoms. The molecule has 0 radical (unpaired) electrons. The van der Waals surface area contributed by atoms with E-state index >= 15 is 0 Å². The van der Waals surface area contributed by atoms with Crippen LogP contribution in [0.25, 0.3) is 10.9 Å². The Bertz CT molecular complexity index is 796. The minimum absolute atomic E-state index is 0. The summed E-state index contributed by atoms with van der Waals surface area (Å²) < 4.78 is 7.14. The highest BCUT2D eigenvalue weighted by Gasteiger charge is 2.15. The molecule has 2 aromatic carbocycles. The smallest absolute Gasteiger partial charge is 0.227 e. The minimum atomic E-state index is 0. The van der Waals surface area contributed by atoms with E-state index < -0.39 is 0 Å². The molecular formula is C18H16BrNO2. The number of rotatable bonds is 4. The third kappa shape index (κ3) is 3.34. The van der Waals surface area contributed by atoms with Crippen molar-refractivity contribution < 1.29 is 31.1 Å². The molecule has 0 fully saturated rings. The number of carbonyl (C=O) groups is 1. The van der Waals surface area contributed by atoms with Crippen LogP contribution in [0.3, 0.4) is 0 Å². The largest absolute Gasteiger partial charge is 1.00 e. The molecule has 0 bridgehead atoms. The van der Waals surface area contributed by atoms with Crippen LogP contribution in [0.1, 0.15) is 10.4 Å². The zero-order chi connectivity index (χ0) is 14.7. The number of para-hydroxylation sites is 1. The van der Waals surface area contributed by atoms with Crippen molar-refractivity contribution in [3.05, 3.63) is 72.4 Å². The van der Waals surface area contributed by atoms with E-state index in [2.05, 4.69) is 0 Å². The van der Waals surface area contributed by atoms with Crippen LogP contribution >= 0.6 is 0 Å². The molecule has 0 aliphatic rings. The van der Waals surface area contributed by atoms with Crippen LogP contribution in [-0.2, 0) is 6.54 Å². The van der Waals surface area contributed by atoms with E-state index in [1.165, 1.54) is 0 Å². The fourth-order valence-electron chi connectivity index (χ4n) is 2.40. The van der Waals surface area contributed by atoms with Gasteiger partial charge in [0.1, 0.15) is 5.75 Å². The Labute approximate surface area is 139 Å². The fraction of sp³-hybridized carbons (Fsp3) is 0.111. The first-order chi connectivity index (χ1) is 10.3. The first-order valence-electron chi connectivity index (χ1n) is 6.82. The molecule has 0 saturated heterocycles. The average molecular weight is 358 g/mol. The van der Waals surface area contributed by atoms with Gasteiger partial charge in [-0.25, -0.2) is 0 Å². The first kappa shape index (κ1) is 16.2.